The SMILES string of the molecule is c1ccc(-c2cc(N(c3ccccc3)c3cc(N(c4ccccc4)c4ccc5ccccc5c4)c4c(c3)oc3ccccc34)c(-c3ccccc3)cc2-c2ccc3sc4ccccc4c3c2)cc1. The molecule has 0 N–H and O–H groups in total. The molecule has 0 unspecified atom stereocenters. The number of para-hydroxylation sites is 3. The first-order chi connectivity index (χ1) is 33.7. The van der Waals surface area contributed by atoms with Crippen LogP contribution in [0.2, 0.25) is 0 Å². The topological polar surface area (TPSA) is 19.6 Å². The van der Waals surface area contributed by atoms with E-state index in [-0.39, 0.29) is 0 Å². The Morgan fingerprint density at radius 3 is 1.60 bits per heavy atom. The second-order valence-electron chi connectivity index (χ2n) is 17.3. The van der Waals surface area contributed by atoms with Crippen LogP contribution in [0.3, 0.4) is 0 Å². The van der Waals surface area contributed by atoms with Gasteiger partial charge in [-0.25, -0.2) is 0 Å². The Kier molecular flexibility index (Phi) is 9.69. The average Bonchev–Trinajstić information content (AvgIpc) is 3.98. The highest BCUT2D eigenvalue weighted by atomic mass is 32.1. The summed E-state index contributed by atoms with van der Waals surface area (Å²) in [6.45, 7) is 0. The van der Waals surface area contributed by atoms with Gasteiger partial charge in [0.05, 0.1) is 22.4 Å². The third-order valence-electron chi connectivity index (χ3n) is 13.2. The number of rotatable bonds is 9. The lowest BCUT2D eigenvalue weighted by molar-refractivity contribution is 0.669. The summed E-state index contributed by atoms with van der Waals surface area (Å²) in [6.07, 6.45) is 0. The van der Waals surface area contributed by atoms with Crippen molar-refractivity contribution < 1.29 is 4.42 Å². The number of hydrogen-bond donors (Lipinski definition) is 0. The van der Waals surface area contributed by atoms with Crippen molar-refractivity contribution in [1.29, 1.82) is 0 Å². The average molecular weight is 887 g/mol. The Hall–Kier alpha value is -8.70. The Morgan fingerprint density at radius 2 is 0.868 bits per heavy atom. The monoisotopic (exact) mass is 886 g/mol. The minimum Gasteiger partial charge on any atom is -0.456 e. The van der Waals surface area contributed by atoms with E-state index in [0.717, 1.165) is 78.3 Å². The number of thiophene rings is 1. The normalized spacial score (nSPS) is 11.5. The van der Waals surface area contributed by atoms with Crippen LogP contribution >= 0.6 is 11.3 Å². The minimum atomic E-state index is 0.804. The lowest BCUT2D eigenvalue weighted by Gasteiger charge is -2.32. The van der Waals surface area contributed by atoms with Crippen molar-refractivity contribution in [2.24, 2.45) is 0 Å². The molecule has 13 aromatic rings. The van der Waals surface area contributed by atoms with E-state index in [0.29, 0.717) is 0 Å². The number of benzene rings is 11. The fourth-order valence-corrected chi connectivity index (χ4v) is 11.1. The van der Waals surface area contributed by atoms with E-state index in [1.54, 1.807) is 0 Å². The highest BCUT2D eigenvalue weighted by molar-refractivity contribution is 7.25. The summed E-state index contributed by atoms with van der Waals surface area (Å²) in [5, 5.41) is 7.05. The molecule has 0 atom stereocenters. The lowest BCUT2D eigenvalue weighted by Crippen LogP contribution is -2.14. The summed E-state index contributed by atoms with van der Waals surface area (Å²) in [4.78, 5) is 4.82. The molecule has 68 heavy (non-hydrogen) atoms. The van der Waals surface area contributed by atoms with Gasteiger partial charge in [0.1, 0.15) is 11.2 Å². The Balaban J connectivity index is 1.12. The third-order valence-corrected chi connectivity index (χ3v) is 14.3. The quantitative estimate of drug-likeness (QED) is 0.144. The summed E-state index contributed by atoms with van der Waals surface area (Å²) < 4.78 is 9.53. The molecule has 320 valence electrons. The van der Waals surface area contributed by atoms with E-state index in [2.05, 4.69) is 265 Å². The van der Waals surface area contributed by atoms with Crippen LogP contribution in [0.1, 0.15) is 0 Å². The fraction of sp³-hybridized carbons (Fsp3) is 0. The number of fused-ring (bicyclic) bond motifs is 7. The molecule has 0 aliphatic heterocycles. The second kappa shape index (κ2) is 16.6. The summed E-state index contributed by atoms with van der Waals surface area (Å²) in [7, 11) is 0. The van der Waals surface area contributed by atoms with Gasteiger partial charge in [0, 0.05) is 54.3 Å². The molecule has 0 saturated heterocycles. The molecule has 2 aromatic heterocycles. The van der Waals surface area contributed by atoms with Gasteiger partial charge in [-0.1, -0.05) is 170 Å². The lowest BCUT2D eigenvalue weighted by atomic mass is 9.88. The van der Waals surface area contributed by atoms with Crippen molar-refractivity contribution in [3.63, 3.8) is 0 Å². The fourth-order valence-electron chi connectivity index (χ4n) is 10.1. The predicted molar refractivity (Wildman–Crippen MR) is 290 cm³/mol. The summed E-state index contributed by atoms with van der Waals surface area (Å²) in [6, 6.07) is 92.1. The first-order valence-corrected chi connectivity index (χ1v) is 23.9. The molecule has 0 bridgehead atoms. The zero-order valence-electron chi connectivity index (χ0n) is 37.0. The van der Waals surface area contributed by atoms with Crippen molar-refractivity contribution in [2.75, 3.05) is 9.80 Å². The number of anilines is 6. The van der Waals surface area contributed by atoms with Crippen molar-refractivity contribution >= 4 is 98.3 Å². The van der Waals surface area contributed by atoms with E-state index in [1.807, 2.05) is 11.3 Å². The molecule has 0 amide bonds. The largest absolute Gasteiger partial charge is 0.456 e. The van der Waals surface area contributed by atoms with Gasteiger partial charge in [0.25, 0.3) is 0 Å². The van der Waals surface area contributed by atoms with Crippen LogP contribution in [0, 0.1) is 0 Å². The van der Waals surface area contributed by atoms with Crippen LogP contribution in [0.4, 0.5) is 34.1 Å². The maximum absolute atomic E-state index is 6.94. The molecule has 3 nitrogen and oxygen atoms in total. The molecule has 0 radical (unpaired) electrons. The van der Waals surface area contributed by atoms with Crippen LogP contribution in [0.15, 0.2) is 259 Å². The molecule has 0 aliphatic carbocycles. The number of nitrogens with zero attached hydrogens (tertiary/aromatic N) is 2. The summed E-state index contributed by atoms with van der Waals surface area (Å²) in [5.74, 6) is 0. The van der Waals surface area contributed by atoms with Gasteiger partial charge < -0.3 is 14.2 Å². The van der Waals surface area contributed by atoms with Gasteiger partial charge in [-0.3, -0.25) is 0 Å². The summed E-state index contributed by atoms with van der Waals surface area (Å²) in [5.41, 5.74) is 14.7. The Bertz CT molecular complexity index is 3970. The van der Waals surface area contributed by atoms with Crippen LogP contribution in [0.5, 0.6) is 0 Å². The zero-order valence-corrected chi connectivity index (χ0v) is 37.8. The standard InChI is InChI=1S/C64H42N2OS/c1-5-20-44(21-6-1)55-42-58(56(45-22-7-2-8-23-45)41-54(55)47-34-36-63-57(38-47)52-29-16-18-32-62(52)68-63)66(49-27-11-4-12-28-49)51-39-59(64-53-30-15-17-31-60(53)67-61(64)40-51)65(48-25-9-3-10-26-48)50-35-33-43-19-13-14-24-46(43)37-50/h1-42H. The van der Waals surface area contributed by atoms with Crippen LogP contribution < -0.4 is 9.80 Å². The molecule has 0 spiro atoms. The predicted octanol–water partition coefficient (Wildman–Crippen LogP) is 19.0. The van der Waals surface area contributed by atoms with Crippen molar-refractivity contribution in [1.82, 2.24) is 0 Å². The van der Waals surface area contributed by atoms with Crippen molar-refractivity contribution in [2.45, 2.75) is 0 Å². The summed E-state index contributed by atoms with van der Waals surface area (Å²) >= 11 is 1.85. The number of hydrogen-bond acceptors (Lipinski definition) is 4. The molecule has 0 aliphatic rings. The first kappa shape index (κ1) is 39.6. The van der Waals surface area contributed by atoms with E-state index >= 15 is 0 Å². The van der Waals surface area contributed by atoms with Gasteiger partial charge >= 0.3 is 0 Å². The molecule has 0 saturated carbocycles. The van der Waals surface area contributed by atoms with Crippen LogP contribution in [-0.2, 0) is 0 Å². The Labute approximate surface area is 398 Å². The zero-order chi connectivity index (χ0) is 45.0. The first-order valence-electron chi connectivity index (χ1n) is 23.1. The van der Waals surface area contributed by atoms with Gasteiger partial charge in [-0.15, -0.1) is 11.3 Å². The smallest absolute Gasteiger partial charge is 0.139 e. The van der Waals surface area contributed by atoms with Crippen LogP contribution in [0.25, 0.3) is 86.3 Å². The molecule has 2 heterocycles. The van der Waals surface area contributed by atoms with Gasteiger partial charge in [-0.2, -0.15) is 0 Å². The van der Waals surface area contributed by atoms with Gasteiger partial charge in [0.2, 0.25) is 0 Å². The van der Waals surface area contributed by atoms with Crippen LogP contribution in [-0.4, -0.2) is 0 Å². The van der Waals surface area contributed by atoms with Crippen molar-refractivity contribution in [3.8, 4) is 33.4 Å². The van der Waals surface area contributed by atoms with E-state index in [1.165, 1.54) is 42.1 Å². The molecule has 11 aromatic carbocycles. The van der Waals surface area contributed by atoms with Crippen molar-refractivity contribution in [3.05, 3.63) is 255 Å². The molecule has 4 heteroatoms. The maximum Gasteiger partial charge on any atom is 0.139 e. The van der Waals surface area contributed by atoms with Gasteiger partial charge in [0.15, 0.2) is 0 Å². The molecular formula is C64H42N2OS. The maximum atomic E-state index is 6.94. The molecular weight excluding hydrogens is 845 g/mol. The minimum absolute atomic E-state index is 0.804. The highest BCUT2D eigenvalue weighted by Gasteiger charge is 2.27. The molecule has 13 rings (SSSR count). The highest BCUT2D eigenvalue weighted by Crippen LogP contribution is 2.51. The van der Waals surface area contributed by atoms with Gasteiger partial charge in [-0.05, 0) is 117 Å². The second-order valence-corrected chi connectivity index (χ2v) is 18.3. The van der Waals surface area contributed by atoms with E-state index in [9.17, 15) is 0 Å². The Morgan fingerprint density at radius 1 is 0.294 bits per heavy atom. The molecule has 0 fully saturated rings. The van der Waals surface area contributed by atoms with E-state index in [4.69, 9.17) is 4.42 Å². The third kappa shape index (κ3) is 6.90. The van der Waals surface area contributed by atoms with E-state index < -0.39 is 0 Å². The number of furan rings is 1.